The summed E-state index contributed by atoms with van der Waals surface area (Å²) < 4.78 is 18.5. The van der Waals surface area contributed by atoms with Gasteiger partial charge in [-0.25, -0.2) is 0 Å². The van der Waals surface area contributed by atoms with Crippen molar-refractivity contribution in [1.82, 2.24) is 20.3 Å². The summed E-state index contributed by atoms with van der Waals surface area (Å²) in [5.74, 6) is 2.19. The van der Waals surface area contributed by atoms with Gasteiger partial charge in [0.25, 0.3) is 0 Å². The zero-order chi connectivity index (χ0) is 19.2. The Bertz CT molecular complexity index is 866. The van der Waals surface area contributed by atoms with Crippen LogP contribution in [0, 0.1) is 20.8 Å². The number of rotatable bonds is 9. The fourth-order valence-electron chi connectivity index (χ4n) is 2.81. The molecule has 2 aromatic heterocycles. The van der Waals surface area contributed by atoms with Crippen LogP contribution in [0.2, 0.25) is 0 Å². The molecule has 0 amide bonds. The molecule has 7 nitrogen and oxygen atoms in total. The number of hydrogen-bond donors (Lipinski definition) is 1. The van der Waals surface area contributed by atoms with E-state index in [-0.39, 0.29) is 0 Å². The van der Waals surface area contributed by atoms with Crippen LogP contribution >= 0.6 is 0 Å². The molecule has 0 saturated carbocycles. The fraction of sp³-hybridized carbons (Fsp3) is 0.400. The maximum Gasteiger partial charge on any atom is 0.161 e. The largest absolute Gasteiger partial charge is 0.493 e. The van der Waals surface area contributed by atoms with Crippen LogP contribution in [0.5, 0.6) is 11.5 Å². The highest BCUT2D eigenvalue weighted by atomic mass is 16.5. The summed E-state index contributed by atoms with van der Waals surface area (Å²) in [5.41, 5.74) is 4.12. The van der Waals surface area contributed by atoms with Gasteiger partial charge in [-0.3, -0.25) is 4.68 Å². The van der Waals surface area contributed by atoms with Gasteiger partial charge in [0.05, 0.1) is 31.1 Å². The van der Waals surface area contributed by atoms with E-state index in [1.807, 2.05) is 56.0 Å². The summed E-state index contributed by atoms with van der Waals surface area (Å²) in [7, 11) is 1.65. The Morgan fingerprint density at radius 3 is 2.70 bits per heavy atom. The summed E-state index contributed by atoms with van der Waals surface area (Å²) in [5, 5.41) is 11.7. The van der Waals surface area contributed by atoms with Crippen LogP contribution in [0.25, 0.3) is 0 Å². The number of aryl methyl sites for hydroxylation is 3. The number of ether oxygens (including phenoxy) is 2. The second kappa shape index (κ2) is 8.73. The predicted molar refractivity (Wildman–Crippen MR) is 102 cm³/mol. The van der Waals surface area contributed by atoms with E-state index in [9.17, 15) is 0 Å². The molecule has 3 aromatic rings. The maximum atomic E-state index is 5.92. The van der Waals surface area contributed by atoms with Gasteiger partial charge >= 0.3 is 0 Å². The molecular formula is C20H26N4O3. The quantitative estimate of drug-likeness (QED) is 0.583. The molecule has 0 fully saturated rings. The van der Waals surface area contributed by atoms with Gasteiger partial charge in [-0.15, -0.1) is 0 Å². The molecule has 0 aliphatic heterocycles. The predicted octanol–water partition coefficient (Wildman–Crippen LogP) is 3.17. The van der Waals surface area contributed by atoms with Crippen LogP contribution in [-0.2, 0) is 19.7 Å². The Balaban J connectivity index is 1.53. The number of hydrogen-bond acceptors (Lipinski definition) is 6. The van der Waals surface area contributed by atoms with Crippen molar-refractivity contribution in [3.05, 3.63) is 58.7 Å². The van der Waals surface area contributed by atoms with Gasteiger partial charge in [0.15, 0.2) is 11.5 Å². The summed E-state index contributed by atoms with van der Waals surface area (Å²) in [4.78, 5) is 0. The SMILES string of the molecule is COc1cc(CNCCn2cc(C)cn2)ccc1OCc1c(C)noc1C. The minimum atomic E-state index is 0.401. The fourth-order valence-corrected chi connectivity index (χ4v) is 2.81. The number of nitrogens with zero attached hydrogens (tertiary/aromatic N) is 3. The second-order valence-corrected chi connectivity index (χ2v) is 6.53. The van der Waals surface area contributed by atoms with Crippen molar-refractivity contribution in [2.24, 2.45) is 0 Å². The highest BCUT2D eigenvalue weighted by Crippen LogP contribution is 2.29. The van der Waals surface area contributed by atoms with E-state index in [2.05, 4.69) is 15.6 Å². The number of aromatic nitrogens is 3. The highest BCUT2D eigenvalue weighted by molar-refractivity contribution is 5.43. The molecule has 2 heterocycles. The molecule has 0 radical (unpaired) electrons. The first-order chi connectivity index (χ1) is 13.1. The third-order valence-corrected chi connectivity index (χ3v) is 4.39. The van der Waals surface area contributed by atoms with Crippen molar-refractivity contribution >= 4 is 0 Å². The lowest BCUT2D eigenvalue weighted by atomic mass is 10.2. The normalized spacial score (nSPS) is 11.0. The molecule has 1 N–H and O–H groups in total. The first-order valence-corrected chi connectivity index (χ1v) is 8.98. The molecule has 7 heteroatoms. The summed E-state index contributed by atoms with van der Waals surface area (Å²) in [6, 6.07) is 5.97. The third-order valence-electron chi connectivity index (χ3n) is 4.39. The van der Waals surface area contributed by atoms with E-state index in [4.69, 9.17) is 14.0 Å². The van der Waals surface area contributed by atoms with Gasteiger partial charge in [-0.1, -0.05) is 11.2 Å². The van der Waals surface area contributed by atoms with E-state index in [0.717, 1.165) is 42.2 Å². The van der Waals surface area contributed by atoms with Gasteiger partial charge in [-0.2, -0.15) is 5.10 Å². The summed E-state index contributed by atoms with van der Waals surface area (Å²) >= 11 is 0. The maximum absolute atomic E-state index is 5.92. The topological polar surface area (TPSA) is 74.3 Å². The van der Waals surface area contributed by atoms with Crippen LogP contribution < -0.4 is 14.8 Å². The Morgan fingerprint density at radius 2 is 2.04 bits per heavy atom. The monoisotopic (exact) mass is 370 g/mol. The zero-order valence-electron chi connectivity index (χ0n) is 16.3. The Morgan fingerprint density at radius 1 is 1.19 bits per heavy atom. The average Bonchev–Trinajstić information content (AvgIpc) is 3.22. The molecule has 0 unspecified atom stereocenters. The van der Waals surface area contributed by atoms with Gasteiger partial charge in [0.1, 0.15) is 12.4 Å². The van der Waals surface area contributed by atoms with Crippen molar-refractivity contribution in [1.29, 1.82) is 0 Å². The molecule has 0 spiro atoms. The van der Waals surface area contributed by atoms with Crippen molar-refractivity contribution in [3.63, 3.8) is 0 Å². The minimum absolute atomic E-state index is 0.401. The van der Waals surface area contributed by atoms with Crippen molar-refractivity contribution in [3.8, 4) is 11.5 Å². The van der Waals surface area contributed by atoms with E-state index in [1.54, 1.807) is 7.11 Å². The van der Waals surface area contributed by atoms with Crippen molar-refractivity contribution in [2.45, 2.75) is 40.5 Å². The standard InChI is InChI=1S/C20H26N4O3/c1-14-10-22-24(12-14)8-7-21-11-17-5-6-19(20(9-17)25-4)26-13-18-15(2)23-27-16(18)3/h5-6,9-10,12,21H,7-8,11,13H2,1-4H3. The summed E-state index contributed by atoms with van der Waals surface area (Å²) in [6.07, 6.45) is 3.90. The Kier molecular flexibility index (Phi) is 6.13. The first-order valence-electron chi connectivity index (χ1n) is 8.98. The Hall–Kier alpha value is -2.80. The van der Waals surface area contributed by atoms with Crippen molar-refractivity contribution in [2.75, 3.05) is 13.7 Å². The Labute approximate surface area is 159 Å². The van der Waals surface area contributed by atoms with Gasteiger partial charge in [0.2, 0.25) is 0 Å². The number of methoxy groups -OCH3 is 1. The second-order valence-electron chi connectivity index (χ2n) is 6.53. The van der Waals surface area contributed by atoms with E-state index >= 15 is 0 Å². The lowest BCUT2D eigenvalue weighted by Gasteiger charge is -2.13. The van der Waals surface area contributed by atoms with E-state index < -0.39 is 0 Å². The van der Waals surface area contributed by atoms with Crippen LogP contribution in [-0.4, -0.2) is 28.6 Å². The molecule has 3 rings (SSSR count). The zero-order valence-corrected chi connectivity index (χ0v) is 16.3. The first kappa shape index (κ1) is 19.0. The van der Waals surface area contributed by atoms with E-state index in [1.165, 1.54) is 5.56 Å². The lowest BCUT2D eigenvalue weighted by Crippen LogP contribution is -2.19. The molecule has 1 aromatic carbocycles. The molecule has 0 aliphatic rings. The molecule has 27 heavy (non-hydrogen) atoms. The molecular weight excluding hydrogens is 344 g/mol. The molecule has 0 atom stereocenters. The van der Waals surface area contributed by atoms with Crippen LogP contribution in [0.4, 0.5) is 0 Å². The van der Waals surface area contributed by atoms with Crippen LogP contribution in [0.1, 0.15) is 28.1 Å². The number of benzene rings is 1. The smallest absolute Gasteiger partial charge is 0.161 e. The van der Waals surface area contributed by atoms with Crippen LogP contribution in [0.15, 0.2) is 35.1 Å². The molecule has 144 valence electrons. The highest BCUT2D eigenvalue weighted by Gasteiger charge is 2.12. The molecule has 0 bridgehead atoms. The van der Waals surface area contributed by atoms with Crippen molar-refractivity contribution < 1.29 is 14.0 Å². The van der Waals surface area contributed by atoms with Gasteiger partial charge in [-0.05, 0) is 44.0 Å². The number of nitrogens with one attached hydrogen (secondary N) is 1. The van der Waals surface area contributed by atoms with Gasteiger partial charge in [0, 0.05) is 19.3 Å². The minimum Gasteiger partial charge on any atom is -0.493 e. The lowest BCUT2D eigenvalue weighted by molar-refractivity contribution is 0.281. The average molecular weight is 370 g/mol. The van der Waals surface area contributed by atoms with Gasteiger partial charge < -0.3 is 19.3 Å². The van der Waals surface area contributed by atoms with Crippen LogP contribution in [0.3, 0.4) is 0 Å². The molecule has 0 saturated heterocycles. The molecule has 0 aliphatic carbocycles. The summed E-state index contributed by atoms with van der Waals surface area (Å²) in [6.45, 7) is 8.66. The van der Waals surface area contributed by atoms with E-state index in [0.29, 0.717) is 18.1 Å². The third kappa shape index (κ3) is 4.89.